The Hall–Kier alpha value is -0.610. The topological polar surface area (TPSA) is 44.8 Å². The van der Waals surface area contributed by atoms with Crippen LogP contribution in [0.15, 0.2) is 0 Å². The van der Waals surface area contributed by atoms with Crippen LogP contribution in [0.1, 0.15) is 17.4 Å². The van der Waals surface area contributed by atoms with E-state index in [2.05, 4.69) is 0 Å². The highest BCUT2D eigenvalue weighted by Gasteiger charge is 2.43. The van der Waals surface area contributed by atoms with Crippen LogP contribution in [0.4, 0.5) is 0 Å². The summed E-state index contributed by atoms with van der Waals surface area (Å²) >= 11 is 0. The molecule has 12 heavy (non-hydrogen) atoms. The Balaban J connectivity index is 1.93. The van der Waals surface area contributed by atoms with E-state index in [-0.39, 0.29) is 18.8 Å². The fourth-order valence-electron chi connectivity index (χ4n) is 1.68. The molecule has 0 spiro atoms. The minimum Gasteiger partial charge on any atom is -0.460 e. The first kappa shape index (κ1) is 5.19. The molecule has 0 aromatic rings. The van der Waals surface area contributed by atoms with Gasteiger partial charge in [0.2, 0.25) is 0 Å². The number of rotatable bonds is 1. The van der Waals surface area contributed by atoms with Gasteiger partial charge in [0, 0.05) is 11.0 Å². The van der Waals surface area contributed by atoms with Crippen molar-refractivity contribution in [2.75, 3.05) is 13.2 Å². The van der Waals surface area contributed by atoms with E-state index < -0.39 is 18.9 Å². The molecule has 0 unspecified atom stereocenters. The standard InChI is InChI=1S/C8H12O4/c1-5(9)12-7-4-11-8-6(7)2-3-10-8/h6-8H,2-4H2,1H3/t6-,7-,8+/m0/s1/i1D3. The van der Waals surface area contributed by atoms with Crippen molar-refractivity contribution in [1.29, 1.82) is 0 Å². The third-order valence-corrected chi connectivity index (χ3v) is 2.24. The molecule has 2 aliphatic rings. The lowest BCUT2D eigenvalue weighted by Gasteiger charge is -2.13. The second-order valence-corrected chi connectivity index (χ2v) is 2.97. The van der Waals surface area contributed by atoms with Gasteiger partial charge >= 0.3 is 5.97 Å². The minimum atomic E-state index is -2.70. The zero-order valence-corrected chi connectivity index (χ0v) is 6.49. The quantitative estimate of drug-likeness (QED) is 0.538. The number of carbonyl (C=O) groups is 1. The maximum Gasteiger partial charge on any atom is 0.302 e. The Bertz CT molecular complexity index is 265. The fraction of sp³-hybridized carbons (Fsp3) is 0.875. The van der Waals surface area contributed by atoms with E-state index in [4.69, 9.17) is 18.3 Å². The predicted octanol–water partition coefficient (Wildman–Crippen LogP) is 0.311. The smallest absolute Gasteiger partial charge is 0.302 e. The Morgan fingerprint density at radius 1 is 1.67 bits per heavy atom. The minimum absolute atomic E-state index is 0.0173. The number of carbonyl (C=O) groups excluding carboxylic acids is 1. The van der Waals surface area contributed by atoms with E-state index in [1.807, 2.05) is 0 Å². The van der Waals surface area contributed by atoms with Gasteiger partial charge in [-0.3, -0.25) is 4.79 Å². The molecule has 0 amide bonds. The molecule has 0 bridgehead atoms. The van der Waals surface area contributed by atoms with Crippen LogP contribution in [0.5, 0.6) is 0 Å². The van der Waals surface area contributed by atoms with Crippen molar-refractivity contribution in [3.8, 4) is 0 Å². The molecule has 68 valence electrons. The van der Waals surface area contributed by atoms with Gasteiger partial charge in [-0.2, -0.15) is 0 Å². The Labute approximate surface area is 75.0 Å². The summed E-state index contributed by atoms with van der Waals surface area (Å²) in [6.07, 6.45) is -0.0753. The molecule has 0 aliphatic carbocycles. The van der Waals surface area contributed by atoms with Gasteiger partial charge in [0.1, 0.15) is 6.10 Å². The van der Waals surface area contributed by atoms with E-state index in [0.29, 0.717) is 6.61 Å². The summed E-state index contributed by atoms with van der Waals surface area (Å²) in [6.45, 7) is -1.91. The van der Waals surface area contributed by atoms with E-state index in [1.165, 1.54) is 0 Å². The monoisotopic (exact) mass is 175 g/mol. The highest BCUT2D eigenvalue weighted by molar-refractivity contribution is 5.66. The summed E-state index contributed by atoms with van der Waals surface area (Å²) < 4.78 is 36.0. The summed E-state index contributed by atoms with van der Waals surface area (Å²) in [5, 5.41) is 0. The molecule has 0 radical (unpaired) electrons. The lowest BCUT2D eigenvalue weighted by atomic mass is 10.0. The third-order valence-electron chi connectivity index (χ3n) is 2.24. The summed E-state index contributed by atoms with van der Waals surface area (Å²) in [4.78, 5) is 11.1. The summed E-state index contributed by atoms with van der Waals surface area (Å²) in [5.41, 5.74) is 0. The number of ether oxygens (including phenoxy) is 3. The van der Waals surface area contributed by atoms with Crippen molar-refractivity contribution in [1.82, 2.24) is 0 Å². The molecule has 3 atom stereocenters. The molecule has 0 saturated carbocycles. The first-order valence-corrected chi connectivity index (χ1v) is 3.93. The fourth-order valence-corrected chi connectivity index (χ4v) is 1.68. The normalized spacial score (nSPS) is 44.3. The van der Waals surface area contributed by atoms with Crippen LogP contribution >= 0.6 is 0 Å². The van der Waals surface area contributed by atoms with E-state index >= 15 is 0 Å². The van der Waals surface area contributed by atoms with Gasteiger partial charge in [-0.15, -0.1) is 0 Å². The van der Waals surface area contributed by atoms with Gasteiger partial charge in [-0.25, -0.2) is 0 Å². The molecular formula is C8H12O4. The number of hydrogen-bond acceptors (Lipinski definition) is 4. The summed E-state index contributed by atoms with van der Waals surface area (Å²) in [5.74, 6) is -1.18. The highest BCUT2D eigenvalue weighted by atomic mass is 16.7. The number of hydrogen-bond donors (Lipinski definition) is 0. The zero-order chi connectivity index (χ0) is 11.1. The van der Waals surface area contributed by atoms with Crippen molar-refractivity contribution in [3.63, 3.8) is 0 Å². The maximum absolute atomic E-state index is 11.1. The largest absolute Gasteiger partial charge is 0.460 e. The molecule has 4 nitrogen and oxygen atoms in total. The average molecular weight is 175 g/mol. The van der Waals surface area contributed by atoms with E-state index in [1.54, 1.807) is 0 Å². The molecule has 2 aliphatic heterocycles. The van der Waals surface area contributed by atoms with Crippen LogP contribution in [0, 0.1) is 5.92 Å². The number of esters is 1. The van der Waals surface area contributed by atoms with E-state index in [9.17, 15) is 4.79 Å². The molecule has 2 saturated heterocycles. The van der Waals surface area contributed by atoms with Crippen LogP contribution in [0.25, 0.3) is 0 Å². The van der Waals surface area contributed by atoms with Crippen molar-refractivity contribution in [3.05, 3.63) is 0 Å². The molecule has 4 heteroatoms. The first-order chi connectivity index (χ1) is 6.98. The van der Waals surface area contributed by atoms with Gasteiger partial charge in [-0.1, -0.05) is 0 Å². The van der Waals surface area contributed by atoms with Crippen LogP contribution in [-0.2, 0) is 19.0 Å². The molecular weight excluding hydrogens is 160 g/mol. The highest BCUT2D eigenvalue weighted by Crippen LogP contribution is 2.32. The second kappa shape index (κ2) is 3.03. The van der Waals surface area contributed by atoms with Crippen LogP contribution in [-0.4, -0.2) is 31.6 Å². The van der Waals surface area contributed by atoms with E-state index in [0.717, 1.165) is 6.42 Å². The third kappa shape index (κ3) is 1.32. The van der Waals surface area contributed by atoms with Gasteiger partial charge in [0.25, 0.3) is 0 Å². The molecule has 2 heterocycles. The van der Waals surface area contributed by atoms with Crippen LogP contribution in [0.3, 0.4) is 0 Å². The van der Waals surface area contributed by atoms with Gasteiger partial charge < -0.3 is 14.2 Å². The molecule has 2 rings (SSSR count). The van der Waals surface area contributed by atoms with Gasteiger partial charge in [0.15, 0.2) is 6.29 Å². The lowest BCUT2D eigenvalue weighted by molar-refractivity contribution is -0.147. The molecule has 0 N–H and O–H groups in total. The molecule has 2 fully saturated rings. The Kier molecular flexibility index (Phi) is 1.31. The van der Waals surface area contributed by atoms with Crippen molar-refractivity contribution < 1.29 is 23.1 Å². The maximum atomic E-state index is 11.1. The van der Waals surface area contributed by atoms with Crippen LogP contribution < -0.4 is 0 Å². The zero-order valence-electron chi connectivity index (χ0n) is 9.49. The first-order valence-electron chi connectivity index (χ1n) is 5.43. The summed E-state index contributed by atoms with van der Waals surface area (Å²) in [7, 11) is 0. The predicted molar refractivity (Wildman–Crippen MR) is 39.4 cm³/mol. The van der Waals surface area contributed by atoms with Crippen LogP contribution in [0.2, 0.25) is 0 Å². The second-order valence-electron chi connectivity index (χ2n) is 2.97. The van der Waals surface area contributed by atoms with Gasteiger partial charge in [0.05, 0.1) is 19.1 Å². The molecule has 0 aromatic heterocycles. The van der Waals surface area contributed by atoms with Crippen molar-refractivity contribution in [2.24, 2.45) is 5.92 Å². The Morgan fingerprint density at radius 2 is 2.58 bits per heavy atom. The number of fused-ring (bicyclic) bond motifs is 1. The Morgan fingerprint density at radius 3 is 3.42 bits per heavy atom. The summed E-state index contributed by atoms with van der Waals surface area (Å²) in [6, 6.07) is 0. The average Bonchev–Trinajstić information content (AvgIpc) is 2.67. The van der Waals surface area contributed by atoms with Crippen molar-refractivity contribution in [2.45, 2.75) is 25.7 Å². The van der Waals surface area contributed by atoms with Crippen molar-refractivity contribution >= 4 is 5.97 Å². The SMILES string of the molecule is [2H]C([2H])([2H])C(=O)O[C@H]1CO[C@H]2OCC[C@H]21. The molecule has 0 aromatic carbocycles. The lowest BCUT2D eigenvalue weighted by Crippen LogP contribution is -2.25. The van der Waals surface area contributed by atoms with Gasteiger partial charge in [-0.05, 0) is 6.42 Å².